The zero-order valence-corrected chi connectivity index (χ0v) is 20.0. The second-order valence-electron chi connectivity index (χ2n) is 8.22. The van der Waals surface area contributed by atoms with Crippen LogP contribution in [-0.4, -0.2) is 34.6 Å². The van der Waals surface area contributed by atoms with Crippen LogP contribution in [0.4, 0.5) is 0 Å². The Bertz CT molecular complexity index is 1330. The minimum atomic E-state index is -4.44. The molecule has 0 amide bonds. The summed E-state index contributed by atoms with van der Waals surface area (Å²) in [4.78, 5) is 1.30. The van der Waals surface area contributed by atoms with Crippen LogP contribution >= 0.6 is 0 Å². The van der Waals surface area contributed by atoms with Crippen molar-refractivity contribution in [2.75, 3.05) is 6.61 Å². The van der Waals surface area contributed by atoms with E-state index in [0.717, 1.165) is 12.8 Å². The van der Waals surface area contributed by atoms with Crippen LogP contribution in [0.1, 0.15) is 45.4 Å². The summed E-state index contributed by atoms with van der Waals surface area (Å²) in [6.07, 6.45) is 6.88. The molecule has 1 aromatic heterocycles. The van der Waals surface area contributed by atoms with Crippen LogP contribution in [0, 0.1) is 0 Å². The molecule has 7 nitrogen and oxygen atoms in total. The summed E-state index contributed by atoms with van der Waals surface area (Å²) < 4.78 is 40.2. The maximum Gasteiger partial charge on any atom is 0.295 e. The number of hydrogen-bond donors (Lipinski definition) is 1. The maximum absolute atomic E-state index is 12.1. The van der Waals surface area contributed by atoms with Gasteiger partial charge in [-0.3, -0.25) is 4.55 Å². The van der Waals surface area contributed by atoms with Gasteiger partial charge in [-0.05, 0) is 30.7 Å². The third-order valence-electron chi connectivity index (χ3n) is 5.70. The van der Waals surface area contributed by atoms with Gasteiger partial charge >= 0.3 is 0 Å². The fourth-order valence-electron chi connectivity index (χ4n) is 4.00. The summed E-state index contributed by atoms with van der Waals surface area (Å²) in [5.41, 5.74) is 2.85. The Morgan fingerprint density at radius 3 is 2.12 bits per heavy atom. The highest BCUT2D eigenvalue weighted by atomic mass is 32.2. The molecule has 1 N–H and O–H groups in total. The van der Waals surface area contributed by atoms with Crippen LogP contribution in [0.2, 0.25) is 0 Å². The molecule has 1 heterocycles. The number of hydrogen-bond acceptors (Lipinski definition) is 5. The molecule has 4 aromatic rings. The van der Waals surface area contributed by atoms with Crippen molar-refractivity contribution in [2.24, 2.45) is 0 Å². The lowest BCUT2D eigenvalue weighted by molar-refractivity contribution is 0.302. The summed E-state index contributed by atoms with van der Waals surface area (Å²) in [7, 11) is -4.44. The van der Waals surface area contributed by atoms with Crippen molar-refractivity contribution >= 4 is 21.2 Å². The molecular weight excluding hydrogens is 450 g/mol. The molecule has 34 heavy (non-hydrogen) atoms. The van der Waals surface area contributed by atoms with Gasteiger partial charge in [0, 0.05) is 11.1 Å². The summed E-state index contributed by atoms with van der Waals surface area (Å²) in [6, 6.07) is 19.3. The van der Waals surface area contributed by atoms with Crippen molar-refractivity contribution in [3.63, 3.8) is 0 Å². The predicted molar refractivity (Wildman–Crippen MR) is 133 cm³/mol. The van der Waals surface area contributed by atoms with Crippen LogP contribution in [-0.2, 0) is 10.1 Å². The Kier molecular flexibility index (Phi) is 7.59. The van der Waals surface area contributed by atoms with E-state index < -0.39 is 10.1 Å². The molecule has 0 atom stereocenters. The van der Waals surface area contributed by atoms with Gasteiger partial charge in [-0.15, -0.1) is 15.0 Å². The second-order valence-corrected chi connectivity index (χ2v) is 9.61. The first-order valence-electron chi connectivity index (χ1n) is 11.6. The molecular formula is C26H29N3O4S. The lowest BCUT2D eigenvalue weighted by Crippen LogP contribution is -2.08. The highest BCUT2D eigenvalue weighted by molar-refractivity contribution is 7.86. The average molecular weight is 480 g/mol. The van der Waals surface area contributed by atoms with Gasteiger partial charge < -0.3 is 4.74 Å². The third-order valence-corrected chi connectivity index (χ3v) is 6.61. The number of ether oxygens (including phenoxy) is 1. The summed E-state index contributed by atoms with van der Waals surface area (Å²) >= 11 is 0. The van der Waals surface area contributed by atoms with E-state index in [1.54, 1.807) is 30.3 Å². The lowest BCUT2D eigenvalue weighted by atomic mass is 10.0. The van der Waals surface area contributed by atoms with Crippen molar-refractivity contribution < 1.29 is 17.7 Å². The highest BCUT2D eigenvalue weighted by Crippen LogP contribution is 2.37. The quantitative estimate of drug-likeness (QED) is 0.207. The number of fused-ring (bicyclic) bond motifs is 1. The third kappa shape index (κ3) is 5.46. The number of para-hydroxylation sites is 1. The Morgan fingerprint density at radius 2 is 1.41 bits per heavy atom. The average Bonchev–Trinajstić information content (AvgIpc) is 3.26. The molecule has 8 heteroatoms. The van der Waals surface area contributed by atoms with Crippen molar-refractivity contribution in [1.82, 2.24) is 15.0 Å². The Labute approximate surface area is 200 Å². The first-order chi connectivity index (χ1) is 16.5. The zero-order valence-electron chi connectivity index (χ0n) is 19.2. The summed E-state index contributed by atoms with van der Waals surface area (Å²) in [5, 5.41) is 9.23. The molecule has 0 saturated carbocycles. The van der Waals surface area contributed by atoms with Gasteiger partial charge in [0.25, 0.3) is 10.1 Å². The van der Waals surface area contributed by atoms with Gasteiger partial charge in [-0.2, -0.15) is 8.42 Å². The van der Waals surface area contributed by atoms with Crippen LogP contribution < -0.4 is 4.74 Å². The van der Waals surface area contributed by atoms with Crippen molar-refractivity contribution in [3.8, 4) is 22.6 Å². The molecule has 0 aliphatic rings. The van der Waals surface area contributed by atoms with Gasteiger partial charge in [0.15, 0.2) is 0 Å². The predicted octanol–water partition coefficient (Wildman–Crippen LogP) is 6.07. The minimum Gasteiger partial charge on any atom is -0.491 e. The topological polar surface area (TPSA) is 94.3 Å². The fraction of sp³-hybridized carbons (Fsp3) is 0.308. The van der Waals surface area contributed by atoms with Crippen molar-refractivity contribution in [1.29, 1.82) is 0 Å². The molecule has 178 valence electrons. The second kappa shape index (κ2) is 10.8. The smallest absolute Gasteiger partial charge is 0.295 e. The number of nitrogens with zero attached hydrogens (tertiary/aromatic N) is 3. The van der Waals surface area contributed by atoms with Gasteiger partial charge in [-0.1, -0.05) is 81.5 Å². The van der Waals surface area contributed by atoms with Crippen molar-refractivity contribution in [2.45, 2.75) is 50.3 Å². The molecule has 0 radical (unpaired) electrons. The lowest BCUT2D eigenvalue weighted by Gasteiger charge is -2.16. The molecule has 0 fully saturated rings. The van der Waals surface area contributed by atoms with Crippen LogP contribution in [0.3, 0.4) is 0 Å². The first-order valence-corrected chi connectivity index (χ1v) is 13.1. The molecule has 0 aliphatic heterocycles. The number of benzene rings is 3. The molecule has 0 aliphatic carbocycles. The van der Waals surface area contributed by atoms with Crippen LogP contribution in [0.5, 0.6) is 5.75 Å². The first kappa shape index (κ1) is 23.9. The summed E-state index contributed by atoms with van der Waals surface area (Å²) in [6.45, 7) is 2.73. The van der Waals surface area contributed by atoms with E-state index in [1.807, 2.05) is 30.3 Å². The van der Waals surface area contributed by atoms with Crippen LogP contribution in [0.15, 0.2) is 71.6 Å². The van der Waals surface area contributed by atoms with E-state index in [9.17, 15) is 13.0 Å². The molecule has 0 bridgehead atoms. The largest absolute Gasteiger partial charge is 0.491 e. The molecule has 3 aromatic carbocycles. The normalized spacial score (nSPS) is 11.7. The van der Waals surface area contributed by atoms with Gasteiger partial charge in [-0.25, -0.2) is 0 Å². The number of aromatic nitrogens is 3. The number of unbranched alkanes of at least 4 members (excludes halogenated alkanes) is 5. The standard InChI is InChI=1S/C26H29N3O4S/c1-2-3-4-5-6-11-19-33-24-17-12-14-21(20-13-7-10-18-25(20)34(30,31)32)26(24)29-27-22-15-8-9-16-23(22)28-29/h7-10,12-18H,2-6,11,19H2,1H3,(H,30,31,32). The molecule has 4 rings (SSSR count). The van der Waals surface area contributed by atoms with Gasteiger partial charge in [0.2, 0.25) is 0 Å². The number of rotatable bonds is 11. The monoisotopic (exact) mass is 479 g/mol. The van der Waals surface area contributed by atoms with Crippen molar-refractivity contribution in [3.05, 3.63) is 66.7 Å². The SMILES string of the molecule is CCCCCCCCOc1cccc(-c2ccccc2S(=O)(=O)O)c1-n1nc2ccccc2n1. The Hall–Kier alpha value is -3.23. The molecule has 0 saturated heterocycles. The molecule has 0 unspecified atom stereocenters. The Balaban J connectivity index is 1.75. The summed E-state index contributed by atoms with van der Waals surface area (Å²) in [5.74, 6) is 0.552. The fourth-order valence-corrected chi connectivity index (χ4v) is 4.71. The highest BCUT2D eigenvalue weighted by Gasteiger charge is 2.22. The maximum atomic E-state index is 12.1. The van der Waals surface area contributed by atoms with E-state index in [1.165, 1.54) is 36.5 Å². The molecule has 0 spiro atoms. The van der Waals surface area contributed by atoms with E-state index in [0.29, 0.717) is 40.2 Å². The van der Waals surface area contributed by atoms with E-state index in [-0.39, 0.29) is 4.90 Å². The zero-order chi connectivity index (χ0) is 24.0. The minimum absolute atomic E-state index is 0.180. The van der Waals surface area contributed by atoms with Gasteiger partial charge in [0.1, 0.15) is 27.4 Å². The van der Waals surface area contributed by atoms with E-state index in [4.69, 9.17) is 4.74 Å². The van der Waals surface area contributed by atoms with Crippen LogP contribution in [0.25, 0.3) is 27.8 Å². The van der Waals surface area contributed by atoms with E-state index >= 15 is 0 Å². The van der Waals surface area contributed by atoms with E-state index in [2.05, 4.69) is 17.1 Å². The Morgan fingerprint density at radius 1 is 0.794 bits per heavy atom. The van der Waals surface area contributed by atoms with Gasteiger partial charge in [0.05, 0.1) is 6.61 Å².